The molecule has 0 radical (unpaired) electrons. The Bertz CT molecular complexity index is 1420. The highest BCUT2D eigenvalue weighted by Crippen LogP contribution is 2.54. The average Bonchev–Trinajstić information content (AvgIpc) is 3.39. The summed E-state index contributed by atoms with van der Waals surface area (Å²) in [7, 11) is -4.40. The van der Waals surface area contributed by atoms with E-state index in [2.05, 4.69) is 0 Å². The smallest absolute Gasteiger partial charge is 0.435 e. The van der Waals surface area contributed by atoms with Crippen LogP contribution in [0.1, 0.15) is 48.8 Å². The molecule has 6 nitrogen and oxygen atoms in total. The lowest BCUT2D eigenvalue weighted by molar-refractivity contribution is -0.348. The number of carbonyl (C=O) groups excluding carboxylic acids is 1. The molecule has 2 fully saturated rings. The molecular formula is C28H28F7NO5S. The average molecular weight is 624 g/mol. The predicted octanol–water partition coefficient (Wildman–Crippen LogP) is 6.08. The number of nitrogens with zero attached hydrogens (tertiary/aromatic N) is 1. The van der Waals surface area contributed by atoms with Crippen molar-refractivity contribution in [2.45, 2.75) is 66.7 Å². The molecule has 4 rings (SSSR count). The minimum atomic E-state index is -6.34. The molecule has 2 aromatic rings. The topological polar surface area (TPSA) is 91.8 Å². The Balaban J connectivity index is 1.74. The summed E-state index contributed by atoms with van der Waals surface area (Å²) in [5.41, 5.74) is -6.90. The number of amides is 1. The molecule has 1 amide bonds. The van der Waals surface area contributed by atoms with Crippen LogP contribution >= 0.6 is 0 Å². The van der Waals surface area contributed by atoms with Crippen LogP contribution in [0, 0.1) is 18.8 Å². The number of aryl methyl sites for hydroxylation is 1. The van der Waals surface area contributed by atoms with Crippen molar-refractivity contribution in [1.82, 2.24) is 4.90 Å². The molecule has 1 saturated carbocycles. The van der Waals surface area contributed by atoms with Gasteiger partial charge in [-0.15, -0.1) is 0 Å². The Hall–Kier alpha value is -3.16. The third-order valence-corrected chi connectivity index (χ3v) is 10.9. The lowest BCUT2D eigenvalue weighted by atomic mass is 9.81. The lowest BCUT2D eigenvalue weighted by Crippen LogP contribution is -2.50. The van der Waals surface area contributed by atoms with Gasteiger partial charge in [-0.2, -0.15) is 26.3 Å². The Kier molecular flexibility index (Phi) is 8.20. The van der Waals surface area contributed by atoms with Crippen LogP contribution in [0.5, 0.6) is 0 Å². The van der Waals surface area contributed by atoms with Crippen LogP contribution < -0.4 is 0 Å². The second-order valence-electron chi connectivity index (χ2n) is 10.9. The maximum Gasteiger partial charge on any atom is 0.435 e. The number of likely N-dealkylation sites (tertiary alicyclic amines) is 1. The van der Waals surface area contributed by atoms with E-state index in [1.54, 1.807) is 6.92 Å². The lowest BCUT2D eigenvalue weighted by Gasteiger charge is -2.33. The van der Waals surface area contributed by atoms with Crippen LogP contribution in [-0.2, 0) is 29.8 Å². The number of hydrogen-bond acceptors (Lipinski definition) is 4. The fourth-order valence-electron chi connectivity index (χ4n) is 5.86. The number of alkyl halides is 7. The molecule has 230 valence electrons. The van der Waals surface area contributed by atoms with Crippen LogP contribution in [-0.4, -0.2) is 55.7 Å². The Labute approximate surface area is 237 Å². The molecule has 14 heteroatoms. The van der Waals surface area contributed by atoms with E-state index in [9.17, 15) is 53.8 Å². The van der Waals surface area contributed by atoms with Crippen molar-refractivity contribution in [3.05, 3.63) is 65.2 Å². The van der Waals surface area contributed by atoms with Crippen molar-refractivity contribution in [2.24, 2.45) is 11.8 Å². The zero-order chi connectivity index (χ0) is 31.3. The van der Waals surface area contributed by atoms with E-state index in [1.165, 1.54) is 29.2 Å². The summed E-state index contributed by atoms with van der Waals surface area (Å²) < 4.78 is 121. The van der Waals surface area contributed by atoms with Gasteiger partial charge in [0.1, 0.15) is 4.75 Å². The Morgan fingerprint density at radius 2 is 1.33 bits per heavy atom. The van der Waals surface area contributed by atoms with Crippen LogP contribution in [0.3, 0.4) is 0 Å². The minimum absolute atomic E-state index is 0.0807. The van der Waals surface area contributed by atoms with Gasteiger partial charge in [-0.1, -0.05) is 42.0 Å². The van der Waals surface area contributed by atoms with Crippen LogP contribution in [0.25, 0.3) is 0 Å². The monoisotopic (exact) mass is 623 g/mol. The molecule has 0 aromatic heterocycles. The van der Waals surface area contributed by atoms with Gasteiger partial charge >= 0.3 is 24.0 Å². The molecule has 2 aromatic carbocycles. The summed E-state index contributed by atoms with van der Waals surface area (Å²) in [6, 6.07) is 7.70. The van der Waals surface area contributed by atoms with Crippen molar-refractivity contribution in [3.8, 4) is 0 Å². The number of aliphatic carboxylic acids is 1. The zero-order valence-corrected chi connectivity index (χ0v) is 23.1. The molecular weight excluding hydrogens is 595 g/mol. The van der Waals surface area contributed by atoms with Gasteiger partial charge in [0, 0.05) is 24.6 Å². The molecule has 1 unspecified atom stereocenters. The van der Waals surface area contributed by atoms with E-state index in [4.69, 9.17) is 0 Å². The molecule has 1 atom stereocenters. The SMILES string of the molecule is Cc1ccc(S(=O)(=O)C2(c3ccc(C(F)(C(F)(F)F)C(F)(F)F)cc3)CCN(C(=O)C3CCC(C(=O)O)CC3)C2)cc1. The third-order valence-electron chi connectivity index (χ3n) is 8.40. The summed E-state index contributed by atoms with van der Waals surface area (Å²) in [6.07, 6.45) is -11.8. The van der Waals surface area contributed by atoms with E-state index in [0.717, 1.165) is 17.7 Å². The molecule has 1 heterocycles. The first kappa shape index (κ1) is 31.8. The number of carbonyl (C=O) groups is 2. The molecule has 1 saturated heterocycles. The normalized spacial score (nSPS) is 24.0. The number of carboxylic acids is 1. The highest BCUT2D eigenvalue weighted by molar-refractivity contribution is 7.92. The van der Waals surface area contributed by atoms with Crippen LogP contribution in [0.15, 0.2) is 53.4 Å². The largest absolute Gasteiger partial charge is 0.481 e. The second-order valence-corrected chi connectivity index (χ2v) is 13.2. The highest BCUT2D eigenvalue weighted by atomic mass is 32.2. The van der Waals surface area contributed by atoms with E-state index < -0.39 is 68.4 Å². The summed E-state index contributed by atoms with van der Waals surface area (Å²) in [4.78, 5) is 25.8. The molecule has 0 spiro atoms. The molecule has 1 aliphatic heterocycles. The number of hydrogen-bond donors (Lipinski definition) is 1. The standard InChI is InChI=1S/C28H28F7NO5S/c1-17-2-12-22(13-3-17)42(40,41)25(14-15-36(16-25)23(37)18-4-6-19(7-5-18)24(38)39)20-8-10-21(11-9-20)26(29,27(30,31)32)28(33,34)35/h2-3,8-13,18-19H,4-7,14-16H2,1H3,(H,38,39). The Morgan fingerprint density at radius 1 is 0.833 bits per heavy atom. The van der Waals surface area contributed by atoms with E-state index in [0.29, 0.717) is 0 Å². The molecule has 42 heavy (non-hydrogen) atoms. The number of halogens is 7. The first-order chi connectivity index (χ1) is 19.3. The number of rotatable bonds is 6. The first-order valence-corrected chi connectivity index (χ1v) is 14.6. The zero-order valence-electron chi connectivity index (χ0n) is 22.3. The number of sulfone groups is 1. The van der Waals surface area contributed by atoms with Crippen molar-refractivity contribution < 1.29 is 53.8 Å². The summed E-state index contributed by atoms with van der Waals surface area (Å²) in [5, 5.41) is 9.23. The van der Waals surface area contributed by atoms with Crippen molar-refractivity contribution in [1.29, 1.82) is 0 Å². The third kappa shape index (κ3) is 5.26. The quantitative estimate of drug-likeness (QED) is 0.394. The van der Waals surface area contributed by atoms with Gasteiger partial charge < -0.3 is 10.0 Å². The number of carboxylic acid groups (broad SMARTS) is 1. The summed E-state index contributed by atoms with van der Waals surface area (Å²) >= 11 is 0. The van der Waals surface area contributed by atoms with E-state index in [1.807, 2.05) is 0 Å². The van der Waals surface area contributed by atoms with Gasteiger partial charge in [0.05, 0.1) is 10.8 Å². The van der Waals surface area contributed by atoms with E-state index in [-0.39, 0.29) is 61.2 Å². The van der Waals surface area contributed by atoms with Crippen molar-refractivity contribution in [2.75, 3.05) is 13.1 Å². The van der Waals surface area contributed by atoms with E-state index >= 15 is 0 Å². The van der Waals surface area contributed by atoms with Gasteiger partial charge in [-0.25, -0.2) is 12.8 Å². The van der Waals surface area contributed by atoms with Crippen molar-refractivity contribution in [3.63, 3.8) is 0 Å². The number of benzene rings is 2. The summed E-state index contributed by atoms with van der Waals surface area (Å²) in [5.74, 6) is -2.54. The fourth-order valence-corrected chi connectivity index (χ4v) is 7.94. The minimum Gasteiger partial charge on any atom is -0.481 e. The van der Waals surface area contributed by atoms with Crippen molar-refractivity contribution >= 4 is 21.7 Å². The predicted molar refractivity (Wildman–Crippen MR) is 136 cm³/mol. The van der Waals surface area contributed by atoms with Gasteiger partial charge in [0.15, 0.2) is 9.84 Å². The molecule has 1 N–H and O–H groups in total. The molecule has 1 aliphatic carbocycles. The molecule has 0 bridgehead atoms. The van der Waals surface area contributed by atoms with Crippen LogP contribution in [0.4, 0.5) is 30.7 Å². The highest BCUT2D eigenvalue weighted by Gasteiger charge is 2.73. The van der Waals surface area contributed by atoms with Gasteiger partial charge in [-0.3, -0.25) is 9.59 Å². The van der Waals surface area contributed by atoms with Gasteiger partial charge in [-0.05, 0) is 56.7 Å². The molecule has 2 aliphatic rings. The van der Waals surface area contributed by atoms with Gasteiger partial charge in [0.2, 0.25) is 5.91 Å². The fraction of sp³-hybridized carbons (Fsp3) is 0.500. The Morgan fingerprint density at radius 3 is 1.81 bits per heavy atom. The maximum atomic E-state index is 14.7. The maximum absolute atomic E-state index is 14.7. The van der Waals surface area contributed by atoms with Crippen LogP contribution in [0.2, 0.25) is 0 Å². The second kappa shape index (κ2) is 10.8. The first-order valence-electron chi connectivity index (χ1n) is 13.1. The van der Waals surface area contributed by atoms with Gasteiger partial charge in [0.25, 0.3) is 0 Å². The summed E-state index contributed by atoms with van der Waals surface area (Å²) in [6.45, 7) is 1.19.